The molecule has 0 radical (unpaired) electrons. The Morgan fingerprint density at radius 2 is 1.78 bits per heavy atom. The number of amides is 1. The number of carbonyl (C=O) groups excluding carboxylic acids is 1. The molecule has 2 aliphatic rings. The average Bonchev–Trinajstić information content (AvgIpc) is 2.47. The van der Waals surface area contributed by atoms with Crippen molar-refractivity contribution < 1.29 is 9.90 Å². The van der Waals surface area contributed by atoms with Crippen molar-refractivity contribution in [2.45, 2.75) is 90.8 Å². The van der Waals surface area contributed by atoms with E-state index in [0.29, 0.717) is 18.0 Å². The van der Waals surface area contributed by atoms with Gasteiger partial charge in [0.15, 0.2) is 0 Å². The molecule has 0 aromatic rings. The highest BCUT2D eigenvalue weighted by molar-refractivity contribution is 5.82. The Morgan fingerprint density at radius 3 is 2.35 bits per heavy atom. The zero-order valence-corrected chi connectivity index (χ0v) is 15.5. The van der Waals surface area contributed by atoms with Gasteiger partial charge in [-0.2, -0.15) is 0 Å². The minimum atomic E-state index is -0.287. The van der Waals surface area contributed by atoms with E-state index in [4.69, 9.17) is 0 Å². The number of nitrogens with zero attached hydrogens (tertiary/aromatic N) is 1. The summed E-state index contributed by atoms with van der Waals surface area (Å²) in [6.45, 7) is 10.4. The van der Waals surface area contributed by atoms with E-state index in [1.807, 2.05) is 0 Å². The predicted octanol–water partition coefficient (Wildman–Crippen LogP) is 2.94. The SMILES string of the molecule is CC(C)CC(C)(C)C(=O)NC1CCN(C2CCCCC2O)CC1. The van der Waals surface area contributed by atoms with Crippen LogP contribution in [0.15, 0.2) is 0 Å². The number of rotatable bonds is 5. The van der Waals surface area contributed by atoms with E-state index >= 15 is 0 Å². The Balaban J connectivity index is 1.79. The summed E-state index contributed by atoms with van der Waals surface area (Å²) in [5, 5.41) is 13.5. The molecule has 134 valence electrons. The minimum Gasteiger partial charge on any atom is -0.391 e. The molecule has 0 spiro atoms. The molecule has 1 amide bonds. The first kappa shape index (κ1) is 18.7. The van der Waals surface area contributed by atoms with Crippen molar-refractivity contribution in [1.82, 2.24) is 10.2 Å². The number of nitrogens with one attached hydrogen (secondary N) is 1. The molecule has 1 aliphatic carbocycles. The van der Waals surface area contributed by atoms with Crippen LogP contribution in [-0.4, -0.2) is 47.2 Å². The van der Waals surface area contributed by atoms with E-state index in [2.05, 4.69) is 37.9 Å². The second-order valence-electron chi connectivity index (χ2n) is 8.68. The Labute approximate surface area is 142 Å². The lowest BCUT2D eigenvalue weighted by Gasteiger charge is -2.42. The first-order valence-corrected chi connectivity index (χ1v) is 9.52. The van der Waals surface area contributed by atoms with Crippen molar-refractivity contribution in [3.8, 4) is 0 Å². The number of likely N-dealkylation sites (tertiary alicyclic amines) is 1. The van der Waals surface area contributed by atoms with Gasteiger partial charge in [0.2, 0.25) is 5.91 Å². The lowest BCUT2D eigenvalue weighted by molar-refractivity contribution is -0.131. The minimum absolute atomic E-state index is 0.153. The maximum absolute atomic E-state index is 12.5. The van der Waals surface area contributed by atoms with Crippen LogP contribution in [0, 0.1) is 11.3 Å². The molecule has 4 heteroatoms. The standard InChI is InChI=1S/C19H36N2O2/c1-14(2)13-19(3,4)18(23)20-15-9-11-21(12-10-15)16-7-5-6-8-17(16)22/h14-17,22H,5-13H2,1-4H3,(H,20,23). The molecule has 2 atom stereocenters. The van der Waals surface area contributed by atoms with E-state index in [0.717, 1.165) is 51.6 Å². The van der Waals surface area contributed by atoms with Crippen LogP contribution >= 0.6 is 0 Å². The van der Waals surface area contributed by atoms with Crippen LogP contribution in [0.25, 0.3) is 0 Å². The molecule has 0 aromatic carbocycles. The quantitative estimate of drug-likeness (QED) is 0.817. The zero-order chi connectivity index (χ0) is 17.0. The highest BCUT2D eigenvalue weighted by Gasteiger charge is 2.34. The van der Waals surface area contributed by atoms with Gasteiger partial charge in [-0.1, -0.05) is 40.5 Å². The van der Waals surface area contributed by atoms with E-state index < -0.39 is 0 Å². The molecule has 2 N–H and O–H groups in total. The molecule has 1 saturated carbocycles. The number of aliphatic hydroxyl groups excluding tert-OH is 1. The van der Waals surface area contributed by atoms with Crippen molar-refractivity contribution >= 4 is 5.91 Å². The third kappa shape index (κ3) is 5.18. The van der Waals surface area contributed by atoms with Gasteiger partial charge in [-0.05, 0) is 38.0 Å². The van der Waals surface area contributed by atoms with Crippen LogP contribution < -0.4 is 5.32 Å². The van der Waals surface area contributed by atoms with Crippen molar-refractivity contribution in [3.05, 3.63) is 0 Å². The van der Waals surface area contributed by atoms with E-state index in [1.165, 1.54) is 6.42 Å². The Morgan fingerprint density at radius 1 is 1.17 bits per heavy atom. The third-order valence-electron chi connectivity index (χ3n) is 5.56. The van der Waals surface area contributed by atoms with Crippen LogP contribution in [0.1, 0.15) is 72.6 Å². The topological polar surface area (TPSA) is 52.6 Å². The van der Waals surface area contributed by atoms with Crippen LogP contribution in [0.3, 0.4) is 0 Å². The maximum Gasteiger partial charge on any atom is 0.225 e. The lowest BCUT2D eigenvalue weighted by Crippen LogP contribution is -2.53. The highest BCUT2D eigenvalue weighted by atomic mass is 16.3. The van der Waals surface area contributed by atoms with Gasteiger partial charge in [-0.25, -0.2) is 0 Å². The second-order valence-corrected chi connectivity index (χ2v) is 8.68. The second kappa shape index (κ2) is 7.98. The average molecular weight is 325 g/mol. The molecule has 23 heavy (non-hydrogen) atoms. The lowest BCUT2D eigenvalue weighted by atomic mass is 9.82. The van der Waals surface area contributed by atoms with Crippen LogP contribution in [0.4, 0.5) is 0 Å². The number of piperidine rings is 1. The molecule has 0 aromatic heterocycles. The number of hydrogen-bond donors (Lipinski definition) is 2. The van der Waals surface area contributed by atoms with Gasteiger partial charge in [0.1, 0.15) is 0 Å². The van der Waals surface area contributed by atoms with Gasteiger partial charge in [0.25, 0.3) is 0 Å². The van der Waals surface area contributed by atoms with Gasteiger partial charge in [0.05, 0.1) is 6.10 Å². The molecule has 1 saturated heterocycles. The molecule has 2 fully saturated rings. The largest absolute Gasteiger partial charge is 0.391 e. The summed E-state index contributed by atoms with van der Waals surface area (Å²) in [5.74, 6) is 0.729. The Kier molecular flexibility index (Phi) is 6.49. The van der Waals surface area contributed by atoms with Crippen molar-refractivity contribution in [3.63, 3.8) is 0 Å². The fraction of sp³-hybridized carbons (Fsp3) is 0.947. The van der Waals surface area contributed by atoms with Crippen molar-refractivity contribution in [2.75, 3.05) is 13.1 Å². The number of hydrogen-bond acceptors (Lipinski definition) is 3. The fourth-order valence-electron chi connectivity index (χ4n) is 4.39. The smallest absolute Gasteiger partial charge is 0.225 e. The number of carbonyl (C=O) groups is 1. The van der Waals surface area contributed by atoms with Crippen LogP contribution in [0.2, 0.25) is 0 Å². The monoisotopic (exact) mass is 324 g/mol. The first-order chi connectivity index (χ1) is 10.8. The normalized spacial score (nSPS) is 28.1. The predicted molar refractivity (Wildman–Crippen MR) is 94.2 cm³/mol. The summed E-state index contributed by atoms with van der Waals surface area (Å²) in [6, 6.07) is 0.642. The summed E-state index contributed by atoms with van der Waals surface area (Å²) < 4.78 is 0. The molecule has 2 unspecified atom stereocenters. The summed E-state index contributed by atoms with van der Waals surface area (Å²) in [5.41, 5.74) is -0.287. The van der Waals surface area contributed by atoms with E-state index in [9.17, 15) is 9.90 Å². The summed E-state index contributed by atoms with van der Waals surface area (Å²) >= 11 is 0. The van der Waals surface area contributed by atoms with Crippen LogP contribution in [-0.2, 0) is 4.79 Å². The van der Waals surface area contributed by atoms with Gasteiger partial charge in [0, 0.05) is 30.6 Å². The molecule has 4 nitrogen and oxygen atoms in total. The number of aliphatic hydroxyl groups is 1. The van der Waals surface area contributed by atoms with Gasteiger partial charge in [-0.15, -0.1) is 0 Å². The highest BCUT2D eigenvalue weighted by Crippen LogP contribution is 2.28. The van der Waals surface area contributed by atoms with E-state index in [1.54, 1.807) is 0 Å². The molecular weight excluding hydrogens is 288 g/mol. The van der Waals surface area contributed by atoms with Crippen molar-refractivity contribution in [2.24, 2.45) is 11.3 Å². The molecule has 2 rings (SSSR count). The zero-order valence-electron chi connectivity index (χ0n) is 15.5. The van der Waals surface area contributed by atoms with Gasteiger partial charge in [-0.3, -0.25) is 9.69 Å². The molecule has 1 aliphatic heterocycles. The summed E-state index contributed by atoms with van der Waals surface area (Å²) in [7, 11) is 0. The van der Waals surface area contributed by atoms with Gasteiger partial charge >= 0.3 is 0 Å². The third-order valence-corrected chi connectivity index (χ3v) is 5.56. The summed E-state index contributed by atoms with van der Waals surface area (Å²) in [6.07, 6.45) is 7.26. The van der Waals surface area contributed by atoms with Crippen LogP contribution in [0.5, 0.6) is 0 Å². The molecular formula is C19H36N2O2. The Bertz CT molecular complexity index is 387. The van der Waals surface area contributed by atoms with Crippen molar-refractivity contribution in [1.29, 1.82) is 0 Å². The first-order valence-electron chi connectivity index (χ1n) is 9.52. The Hall–Kier alpha value is -0.610. The fourth-order valence-corrected chi connectivity index (χ4v) is 4.39. The molecule has 0 bridgehead atoms. The van der Waals surface area contributed by atoms with E-state index in [-0.39, 0.29) is 17.4 Å². The molecule has 1 heterocycles. The maximum atomic E-state index is 12.5. The summed E-state index contributed by atoms with van der Waals surface area (Å²) in [4.78, 5) is 15.0. The van der Waals surface area contributed by atoms with Gasteiger partial charge < -0.3 is 10.4 Å².